The van der Waals surface area contributed by atoms with Crippen LogP contribution >= 0.6 is 11.8 Å². The van der Waals surface area contributed by atoms with E-state index in [0.29, 0.717) is 18.4 Å². The number of hydrogen-bond acceptors (Lipinski definition) is 6. The molecule has 7 nitrogen and oxygen atoms in total. The molecule has 3 fully saturated rings. The highest BCUT2D eigenvalue weighted by molar-refractivity contribution is 8.00. The molecule has 0 bridgehead atoms. The lowest BCUT2D eigenvalue weighted by atomic mass is 10.2. The van der Waals surface area contributed by atoms with Crippen molar-refractivity contribution in [2.24, 2.45) is 0 Å². The van der Waals surface area contributed by atoms with Gasteiger partial charge in [0.1, 0.15) is 5.82 Å². The van der Waals surface area contributed by atoms with Gasteiger partial charge in [0, 0.05) is 18.0 Å². The molecule has 9 heteroatoms. The lowest BCUT2D eigenvalue weighted by Crippen LogP contribution is -2.40. The Kier molecular flexibility index (Phi) is 4.11. The second kappa shape index (κ2) is 6.01. The van der Waals surface area contributed by atoms with Crippen LogP contribution in [0.5, 0.6) is 0 Å². The first kappa shape index (κ1) is 16.4. The van der Waals surface area contributed by atoms with Crippen LogP contribution in [0, 0.1) is 0 Å². The van der Waals surface area contributed by atoms with Gasteiger partial charge in [0.2, 0.25) is 5.91 Å². The van der Waals surface area contributed by atoms with E-state index in [2.05, 4.69) is 20.1 Å². The van der Waals surface area contributed by atoms with E-state index >= 15 is 0 Å². The van der Waals surface area contributed by atoms with E-state index in [4.69, 9.17) is 0 Å². The molecule has 2 saturated carbocycles. The van der Waals surface area contributed by atoms with E-state index in [1.807, 2.05) is 6.92 Å². The third kappa shape index (κ3) is 3.46. The molecule has 0 unspecified atom stereocenters. The molecule has 1 aromatic heterocycles. The monoisotopic (exact) mass is 370 g/mol. The zero-order valence-electron chi connectivity index (χ0n) is 13.6. The molecule has 4 rings (SSSR count). The molecule has 24 heavy (non-hydrogen) atoms. The van der Waals surface area contributed by atoms with Crippen molar-refractivity contribution in [3.05, 3.63) is 5.82 Å². The van der Waals surface area contributed by atoms with Crippen molar-refractivity contribution >= 4 is 27.5 Å². The summed E-state index contributed by atoms with van der Waals surface area (Å²) in [5.74, 6) is 1.72. The molecule has 132 valence electrons. The molecule has 2 atom stereocenters. The van der Waals surface area contributed by atoms with Gasteiger partial charge >= 0.3 is 0 Å². The van der Waals surface area contributed by atoms with Gasteiger partial charge in [-0.2, -0.15) is 0 Å². The first-order valence-electron chi connectivity index (χ1n) is 8.55. The Hall–Kier alpha value is -1.09. The topological polar surface area (TPSA) is 93.9 Å². The molecular formula is C15H22N4O3S2. The van der Waals surface area contributed by atoms with Gasteiger partial charge in [0.15, 0.2) is 15.0 Å². The minimum Gasteiger partial charge on any atom is -0.351 e. The quantitative estimate of drug-likeness (QED) is 0.758. The molecule has 1 amide bonds. The average molecular weight is 371 g/mol. The van der Waals surface area contributed by atoms with Gasteiger partial charge < -0.3 is 9.88 Å². The normalized spacial score (nSPS) is 27.1. The fourth-order valence-corrected chi connectivity index (χ4v) is 5.71. The minimum absolute atomic E-state index is 0.0558. The maximum Gasteiger partial charge on any atom is 0.233 e. The molecule has 1 aliphatic heterocycles. The van der Waals surface area contributed by atoms with Gasteiger partial charge in [-0.05, 0) is 39.0 Å². The smallest absolute Gasteiger partial charge is 0.233 e. The Morgan fingerprint density at radius 2 is 2.00 bits per heavy atom. The molecular weight excluding hydrogens is 348 g/mol. The van der Waals surface area contributed by atoms with Crippen molar-refractivity contribution < 1.29 is 13.2 Å². The number of carbonyl (C=O) groups excluding carboxylic acids is 1. The first-order valence-corrected chi connectivity index (χ1v) is 11.3. The number of nitrogens with zero attached hydrogens (tertiary/aromatic N) is 3. The Bertz CT molecular complexity index is 753. The maximum atomic E-state index is 12.4. The summed E-state index contributed by atoms with van der Waals surface area (Å²) in [6.07, 6.45) is 5.19. The fraction of sp³-hybridized carbons (Fsp3) is 0.800. The van der Waals surface area contributed by atoms with Crippen molar-refractivity contribution in [3.8, 4) is 0 Å². The summed E-state index contributed by atoms with van der Waals surface area (Å²) >= 11 is 1.42. The van der Waals surface area contributed by atoms with E-state index in [0.717, 1.165) is 23.8 Å². The average Bonchev–Trinajstić information content (AvgIpc) is 3.44. The summed E-state index contributed by atoms with van der Waals surface area (Å²) in [4.78, 5) is 12.4. The van der Waals surface area contributed by atoms with E-state index in [1.54, 1.807) is 0 Å². The van der Waals surface area contributed by atoms with Gasteiger partial charge in [-0.3, -0.25) is 4.79 Å². The van der Waals surface area contributed by atoms with Crippen molar-refractivity contribution in [2.45, 2.75) is 67.4 Å². The van der Waals surface area contributed by atoms with Crippen molar-refractivity contribution in [3.63, 3.8) is 0 Å². The van der Waals surface area contributed by atoms with Gasteiger partial charge in [-0.15, -0.1) is 10.2 Å². The summed E-state index contributed by atoms with van der Waals surface area (Å²) in [6, 6.07) is 0.238. The molecule has 0 radical (unpaired) electrons. The van der Waals surface area contributed by atoms with Crippen LogP contribution in [-0.2, 0) is 14.6 Å². The highest BCUT2D eigenvalue weighted by Gasteiger charge is 2.37. The Balaban J connectivity index is 1.40. The standard InChI is InChI=1S/C15H22N4O3S2/c1-9(14(20)16-11-6-7-24(21,22)8-11)23-15-18-17-13(10-2-3-10)19(15)12-4-5-12/h9-12H,2-8H2,1H3,(H,16,20)/t9-,11+/m1/s1. The van der Waals surface area contributed by atoms with Crippen LogP contribution in [0.1, 0.15) is 56.8 Å². The molecule has 0 aromatic carbocycles. The lowest BCUT2D eigenvalue weighted by Gasteiger charge is -2.16. The Morgan fingerprint density at radius 3 is 2.58 bits per heavy atom. The molecule has 0 spiro atoms. The molecule has 2 heterocycles. The number of hydrogen-bond donors (Lipinski definition) is 1. The van der Waals surface area contributed by atoms with Crippen LogP contribution in [0.2, 0.25) is 0 Å². The number of nitrogens with one attached hydrogen (secondary N) is 1. The molecule has 1 saturated heterocycles. The van der Waals surface area contributed by atoms with Crippen molar-refractivity contribution in [1.29, 1.82) is 0 Å². The third-order valence-electron chi connectivity index (χ3n) is 4.78. The van der Waals surface area contributed by atoms with Crippen LogP contribution in [0.4, 0.5) is 0 Å². The fourth-order valence-electron chi connectivity index (χ4n) is 3.10. The zero-order valence-corrected chi connectivity index (χ0v) is 15.3. The van der Waals surface area contributed by atoms with Crippen molar-refractivity contribution in [1.82, 2.24) is 20.1 Å². The molecule has 3 aliphatic rings. The van der Waals surface area contributed by atoms with Crippen LogP contribution in [0.3, 0.4) is 0 Å². The summed E-state index contributed by atoms with van der Waals surface area (Å²) in [6.45, 7) is 1.84. The van der Waals surface area contributed by atoms with Crippen LogP contribution in [0.15, 0.2) is 5.16 Å². The van der Waals surface area contributed by atoms with Crippen LogP contribution in [0.25, 0.3) is 0 Å². The Morgan fingerprint density at radius 1 is 1.25 bits per heavy atom. The largest absolute Gasteiger partial charge is 0.351 e. The number of amides is 1. The van der Waals surface area contributed by atoms with Crippen LogP contribution < -0.4 is 5.32 Å². The highest BCUT2D eigenvalue weighted by Crippen LogP contribution is 2.46. The highest BCUT2D eigenvalue weighted by atomic mass is 32.2. The van der Waals surface area contributed by atoms with E-state index < -0.39 is 9.84 Å². The van der Waals surface area contributed by atoms with Crippen molar-refractivity contribution in [2.75, 3.05) is 11.5 Å². The number of aromatic nitrogens is 3. The third-order valence-corrected chi connectivity index (χ3v) is 7.60. The maximum absolute atomic E-state index is 12.4. The van der Waals surface area contributed by atoms with Gasteiger partial charge in [0.05, 0.1) is 16.8 Å². The van der Waals surface area contributed by atoms with E-state index in [9.17, 15) is 13.2 Å². The SMILES string of the molecule is C[C@@H](Sc1nnc(C2CC2)n1C1CC1)C(=O)N[C@H]1CCS(=O)(=O)C1. The van der Waals surface area contributed by atoms with E-state index in [1.165, 1.54) is 24.6 Å². The first-order chi connectivity index (χ1) is 11.4. The number of rotatable bonds is 6. The second-order valence-electron chi connectivity index (χ2n) is 7.08. The summed E-state index contributed by atoms with van der Waals surface area (Å²) in [5, 5.41) is 12.0. The lowest BCUT2D eigenvalue weighted by molar-refractivity contribution is -0.120. The second-order valence-corrected chi connectivity index (χ2v) is 10.6. The van der Waals surface area contributed by atoms with Gasteiger partial charge in [-0.25, -0.2) is 8.42 Å². The van der Waals surface area contributed by atoms with Gasteiger partial charge in [-0.1, -0.05) is 11.8 Å². The molecule has 1 N–H and O–H groups in total. The molecule has 1 aromatic rings. The summed E-state index contributed by atoms with van der Waals surface area (Å²) in [7, 11) is -2.98. The predicted octanol–water partition coefficient (Wildman–Crippen LogP) is 1.27. The number of sulfone groups is 1. The van der Waals surface area contributed by atoms with Crippen LogP contribution in [-0.4, -0.2) is 51.9 Å². The zero-order chi connectivity index (χ0) is 16.9. The summed E-state index contributed by atoms with van der Waals surface area (Å²) in [5.41, 5.74) is 0. The molecule has 2 aliphatic carbocycles. The predicted molar refractivity (Wildman–Crippen MR) is 90.8 cm³/mol. The van der Waals surface area contributed by atoms with E-state index in [-0.39, 0.29) is 28.7 Å². The number of thioether (sulfide) groups is 1. The number of carbonyl (C=O) groups is 1. The Labute approximate surface area is 145 Å². The minimum atomic E-state index is -2.98. The summed E-state index contributed by atoms with van der Waals surface area (Å²) < 4.78 is 25.2. The van der Waals surface area contributed by atoms with Gasteiger partial charge in [0.25, 0.3) is 0 Å².